The minimum absolute atomic E-state index is 0. The smallest absolute Gasteiger partial charge is 0.550 e. The molecule has 6 heteroatoms. The maximum atomic E-state index is 10.4. The van der Waals surface area contributed by atoms with E-state index in [1.807, 2.05) is 13.8 Å². The maximum Gasteiger partial charge on any atom is 1.00 e. The van der Waals surface area contributed by atoms with Crippen molar-refractivity contribution in [2.24, 2.45) is 5.92 Å². The SMILES string of the molecule is CC=C/C(=C\C)C(=O)[O-].CCCC(CCC)C(=O)[O-].[Na+].[Na+]. The van der Waals surface area contributed by atoms with Crippen LogP contribution in [0.3, 0.4) is 0 Å². The van der Waals surface area contributed by atoms with Crippen LogP contribution in [-0.4, -0.2) is 11.9 Å². The van der Waals surface area contributed by atoms with Crippen molar-refractivity contribution >= 4 is 11.9 Å². The molecule has 0 aromatic rings. The molecule has 4 nitrogen and oxygen atoms in total. The number of carboxylic acid groups (broad SMARTS) is 2. The standard InChI is InChI=1S/C8H16O2.C7H10O2.2Na/c1-3-5-7(6-4-2)8(9)10;1-3-5-6(4-2)7(8)9;;/h7H,3-6H2,1-2H3,(H,9,10);3-5H,1-2H3,(H,8,9);;/q;;2*+1/p-2/b;5-3?,6-4+;;. The first-order chi connectivity index (χ1) is 8.94. The van der Waals surface area contributed by atoms with E-state index in [0.29, 0.717) is 0 Å². The average molecular weight is 314 g/mol. The molecule has 0 aliphatic carbocycles. The summed E-state index contributed by atoms with van der Waals surface area (Å²) in [5.41, 5.74) is 0.220. The predicted octanol–water partition coefficient (Wildman–Crippen LogP) is -4.78. The Labute approximate surface area is 172 Å². The van der Waals surface area contributed by atoms with E-state index in [4.69, 9.17) is 0 Å². The Balaban J connectivity index is -0.000000126. The molecule has 0 amide bonds. The summed E-state index contributed by atoms with van der Waals surface area (Å²) < 4.78 is 0. The molecule has 0 aromatic carbocycles. The number of carbonyl (C=O) groups is 2. The number of hydrogen-bond donors (Lipinski definition) is 0. The summed E-state index contributed by atoms with van der Waals surface area (Å²) in [7, 11) is 0. The summed E-state index contributed by atoms with van der Waals surface area (Å²) in [6.45, 7) is 7.40. The van der Waals surface area contributed by atoms with Crippen LogP contribution in [0.5, 0.6) is 0 Å². The van der Waals surface area contributed by atoms with Gasteiger partial charge in [-0.1, -0.05) is 44.9 Å². The zero-order valence-corrected chi connectivity index (χ0v) is 18.3. The number of carboxylic acids is 2. The number of rotatable bonds is 7. The van der Waals surface area contributed by atoms with Crippen LogP contribution in [-0.2, 0) is 9.59 Å². The van der Waals surface area contributed by atoms with E-state index in [0.717, 1.165) is 25.7 Å². The maximum absolute atomic E-state index is 10.4. The number of hydrogen-bond acceptors (Lipinski definition) is 4. The van der Waals surface area contributed by atoms with E-state index in [2.05, 4.69) is 0 Å². The normalized spacial score (nSPS) is 10.2. The Morgan fingerprint density at radius 3 is 1.57 bits per heavy atom. The third-order valence-corrected chi connectivity index (χ3v) is 2.50. The molecule has 0 bridgehead atoms. The van der Waals surface area contributed by atoms with E-state index in [9.17, 15) is 19.8 Å². The molecule has 0 N–H and O–H groups in total. The van der Waals surface area contributed by atoms with Crippen molar-refractivity contribution in [2.45, 2.75) is 53.4 Å². The van der Waals surface area contributed by atoms with Gasteiger partial charge in [-0.3, -0.25) is 0 Å². The van der Waals surface area contributed by atoms with E-state index in [1.165, 1.54) is 12.2 Å². The van der Waals surface area contributed by atoms with Crippen LogP contribution in [0.4, 0.5) is 0 Å². The van der Waals surface area contributed by atoms with Crippen LogP contribution >= 0.6 is 0 Å². The van der Waals surface area contributed by atoms with Gasteiger partial charge in [0.15, 0.2) is 0 Å². The first-order valence-electron chi connectivity index (χ1n) is 6.65. The summed E-state index contributed by atoms with van der Waals surface area (Å²) >= 11 is 0. The molecular formula is C15H24Na2O4. The Hall–Kier alpha value is 0.420. The summed E-state index contributed by atoms with van der Waals surface area (Å²) in [5, 5.41) is 20.5. The van der Waals surface area contributed by atoms with Crippen LogP contribution in [0.2, 0.25) is 0 Å². The Morgan fingerprint density at radius 1 is 1.00 bits per heavy atom. The quantitative estimate of drug-likeness (QED) is 0.268. The molecule has 110 valence electrons. The van der Waals surface area contributed by atoms with Crippen molar-refractivity contribution in [1.29, 1.82) is 0 Å². The zero-order chi connectivity index (χ0) is 15.3. The largest absolute Gasteiger partial charge is 1.00 e. The monoisotopic (exact) mass is 314 g/mol. The molecule has 0 saturated heterocycles. The Kier molecular flexibility index (Phi) is 28.6. The van der Waals surface area contributed by atoms with Crippen molar-refractivity contribution in [3.8, 4) is 0 Å². The first kappa shape index (κ1) is 29.4. The third-order valence-electron chi connectivity index (χ3n) is 2.50. The molecule has 0 heterocycles. The van der Waals surface area contributed by atoms with Crippen LogP contribution < -0.4 is 69.3 Å². The van der Waals surface area contributed by atoms with Crippen molar-refractivity contribution in [3.63, 3.8) is 0 Å². The molecule has 0 aromatic heterocycles. The molecule has 0 saturated carbocycles. The average Bonchev–Trinajstić information content (AvgIpc) is 2.36. The molecule has 0 spiro atoms. The molecule has 0 rings (SSSR count). The second-order valence-corrected chi connectivity index (χ2v) is 4.12. The van der Waals surface area contributed by atoms with Gasteiger partial charge >= 0.3 is 59.1 Å². The van der Waals surface area contributed by atoms with E-state index >= 15 is 0 Å². The van der Waals surface area contributed by atoms with Crippen LogP contribution in [0, 0.1) is 5.92 Å². The van der Waals surface area contributed by atoms with E-state index in [1.54, 1.807) is 19.9 Å². The predicted molar refractivity (Wildman–Crippen MR) is 71.9 cm³/mol. The molecule has 21 heavy (non-hydrogen) atoms. The van der Waals surface area contributed by atoms with Gasteiger partial charge in [-0.25, -0.2) is 0 Å². The van der Waals surface area contributed by atoms with Crippen molar-refractivity contribution in [3.05, 3.63) is 23.8 Å². The van der Waals surface area contributed by atoms with Gasteiger partial charge in [0.25, 0.3) is 0 Å². The fraction of sp³-hybridized carbons (Fsp3) is 0.600. The second kappa shape index (κ2) is 20.4. The zero-order valence-electron chi connectivity index (χ0n) is 14.3. The van der Waals surface area contributed by atoms with Gasteiger partial charge in [-0.2, -0.15) is 0 Å². The van der Waals surface area contributed by atoms with Crippen LogP contribution in [0.1, 0.15) is 53.4 Å². The summed E-state index contributed by atoms with van der Waals surface area (Å²) in [6.07, 6.45) is 8.03. The molecule has 0 aliphatic heterocycles. The summed E-state index contributed by atoms with van der Waals surface area (Å²) in [4.78, 5) is 20.5. The van der Waals surface area contributed by atoms with Gasteiger partial charge in [0.1, 0.15) is 0 Å². The topological polar surface area (TPSA) is 80.3 Å². The van der Waals surface area contributed by atoms with E-state index in [-0.39, 0.29) is 70.6 Å². The van der Waals surface area contributed by atoms with Gasteiger partial charge in [-0.05, 0) is 38.2 Å². The van der Waals surface area contributed by atoms with Crippen molar-refractivity contribution < 1.29 is 78.9 Å². The fourth-order valence-electron chi connectivity index (χ4n) is 1.54. The van der Waals surface area contributed by atoms with E-state index < -0.39 is 11.9 Å². The Morgan fingerprint density at radius 2 is 1.43 bits per heavy atom. The number of aliphatic carboxylic acids is 2. The van der Waals surface area contributed by atoms with Gasteiger partial charge < -0.3 is 19.8 Å². The van der Waals surface area contributed by atoms with Crippen molar-refractivity contribution in [2.75, 3.05) is 0 Å². The summed E-state index contributed by atoms with van der Waals surface area (Å²) in [6, 6.07) is 0. The molecule has 0 unspecified atom stereocenters. The van der Waals surface area contributed by atoms with Crippen molar-refractivity contribution in [1.82, 2.24) is 0 Å². The number of carbonyl (C=O) groups excluding carboxylic acids is 2. The fourth-order valence-corrected chi connectivity index (χ4v) is 1.54. The third kappa shape index (κ3) is 18.4. The van der Waals surface area contributed by atoms with Crippen LogP contribution in [0.15, 0.2) is 23.8 Å². The van der Waals surface area contributed by atoms with Gasteiger partial charge in [-0.15, -0.1) is 0 Å². The second-order valence-electron chi connectivity index (χ2n) is 4.12. The van der Waals surface area contributed by atoms with Gasteiger partial charge in [0, 0.05) is 5.97 Å². The molecular weight excluding hydrogens is 290 g/mol. The molecule has 0 fully saturated rings. The molecule has 0 aliphatic rings. The number of allylic oxidation sites excluding steroid dienone is 2. The summed E-state index contributed by atoms with van der Waals surface area (Å²) in [5.74, 6) is -2.23. The van der Waals surface area contributed by atoms with Gasteiger partial charge in [0.2, 0.25) is 0 Å². The minimum atomic E-state index is -1.13. The Bertz CT molecular complexity index is 320. The van der Waals surface area contributed by atoms with Crippen LogP contribution in [0.25, 0.3) is 0 Å². The minimum Gasteiger partial charge on any atom is -0.550 e. The van der Waals surface area contributed by atoms with Gasteiger partial charge in [0.05, 0.1) is 5.97 Å². The molecule has 0 atom stereocenters. The first-order valence-corrected chi connectivity index (χ1v) is 6.65. The molecule has 0 radical (unpaired) electrons.